The van der Waals surface area contributed by atoms with Crippen molar-refractivity contribution in [3.8, 4) is 0 Å². The first-order valence-electron chi connectivity index (χ1n) is 3.93. The van der Waals surface area contributed by atoms with E-state index in [4.69, 9.17) is 11.6 Å². The van der Waals surface area contributed by atoms with Crippen molar-refractivity contribution in [1.29, 1.82) is 0 Å². The van der Waals surface area contributed by atoms with E-state index in [0.29, 0.717) is 10.9 Å². The number of hydrogen-bond donors (Lipinski definition) is 1. The number of rotatable bonds is 1. The quantitative estimate of drug-likeness (QED) is 0.707. The highest BCUT2D eigenvalue weighted by atomic mass is 35.5. The van der Waals surface area contributed by atoms with Gasteiger partial charge in [-0.15, -0.1) is 0 Å². The molecule has 1 aromatic rings. The van der Waals surface area contributed by atoms with Gasteiger partial charge in [-0.3, -0.25) is 0 Å². The van der Waals surface area contributed by atoms with Gasteiger partial charge in [0.2, 0.25) is 0 Å². The Kier molecular flexibility index (Phi) is 2.03. The molecule has 1 N–H and O–H groups in total. The summed E-state index contributed by atoms with van der Waals surface area (Å²) in [6.45, 7) is 1.72. The minimum atomic E-state index is -0.147. The second kappa shape index (κ2) is 3.04. The molecule has 0 radical (unpaired) electrons. The van der Waals surface area contributed by atoms with Crippen LogP contribution in [0.15, 0.2) is 18.2 Å². The Hall–Kier alpha value is -0.600. The van der Waals surface area contributed by atoms with E-state index in [1.165, 1.54) is 6.07 Å². The van der Waals surface area contributed by atoms with Gasteiger partial charge in [-0.05, 0) is 23.8 Å². The Labute approximate surface area is 75.5 Å². The first-order valence-corrected chi connectivity index (χ1v) is 4.31. The fourth-order valence-corrected chi connectivity index (χ4v) is 1.52. The van der Waals surface area contributed by atoms with Crippen LogP contribution in [-0.2, 0) is 0 Å². The van der Waals surface area contributed by atoms with Crippen LogP contribution in [0, 0.1) is 5.82 Å². The summed E-state index contributed by atoms with van der Waals surface area (Å²) in [5.74, 6) is 0.162. The van der Waals surface area contributed by atoms with E-state index in [-0.39, 0.29) is 5.82 Å². The van der Waals surface area contributed by atoms with E-state index in [0.717, 1.165) is 18.7 Å². The average molecular weight is 186 g/mol. The zero-order chi connectivity index (χ0) is 8.55. The van der Waals surface area contributed by atoms with Gasteiger partial charge in [0.1, 0.15) is 5.82 Å². The monoisotopic (exact) mass is 185 g/mol. The molecule has 1 fully saturated rings. The molecule has 3 heteroatoms. The van der Waals surface area contributed by atoms with Crippen molar-refractivity contribution in [3.63, 3.8) is 0 Å². The van der Waals surface area contributed by atoms with E-state index >= 15 is 0 Å². The molecule has 0 aliphatic carbocycles. The van der Waals surface area contributed by atoms with Crippen LogP contribution in [0.3, 0.4) is 0 Å². The zero-order valence-electron chi connectivity index (χ0n) is 6.48. The standard InChI is InChI=1S/C9H9ClFN/c10-7-1-2-9(11)8(3-7)6-4-12-5-6/h1-3,6,12H,4-5H2. The molecule has 0 unspecified atom stereocenters. The summed E-state index contributed by atoms with van der Waals surface area (Å²) < 4.78 is 13.2. The summed E-state index contributed by atoms with van der Waals surface area (Å²) in [6.07, 6.45) is 0. The Bertz CT molecular complexity index is 297. The van der Waals surface area contributed by atoms with Gasteiger partial charge < -0.3 is 5.32 Å². The minimum Gasteiger partial charge on any atom is -0.315 e. The van der Waals surface area contributed by atoms with Gasteiger partial charge >= 0.3 is 0 Å². The van der Waals surface area contributed by atoms with Gasteiger partial charge in [-0.2, -0.15) is 0 Å². The second-order valence-corrected chi connectivity index (χ2v) is 3.46. The minimum absolute atomic E-state index is 0.147. The Morgan fingerprint density at radius 2 is 2.17 bits per heavy atom. The molecular formula is C9H9ClFN. The van der Waals surface area contributed by atoms with Gasteiger partial charge in [-0.25, -0.2) is 4.39 Å². The number of benzene rings is 1. The van der Waals surface area contributed by atoms with Crippen LogP contribution >= 0.6 is 11.6 Å². The van der Waals surface area contributed by atoms with Crippen LogP contribution in [0.1, 0.15) is 11.5 Å². The molecular weight excluding hydrogens is 177 g/mol. The van der Waals surface area contributed by atoms with Crippen LogP contribution in [0.4, 0.5) is 4.39 Å². The highest BCUT2D eigenvalue weighted by molar-refractivity contribution is 6.30. The largest absolute Gasteiger partial charge is 0.315 e. The van der Waals surface area contributed by atoms with E-state index < -0.39 is 0 Å². The molecule has 1 saturated heterocycles. The third-order valence-electron chi connectivity index (χ3n) is 2.18. The lowest BCUT2D eigenvalue weighted by Gasteiger charge is -2.27. The van der Waals surface area contributed by atoms with Gasteiger partial charge in [0.15, 0.2) is 0 Å². The normalized spacial score (nSPS) is 17.5. The van der Waals surface area contributed by atoms with E-state index in [1.807, 2.05) is 0 Å². The first kappa shape index (κ1) is 8.02. The zero-order valence-corrected chi connectivity index (χ0v) is 7.24. The molecule has 0 bridgehead atoms. The Balaban J connectivity index is 2.34. The smallest absolute Gasteiger partial charge is 0.126 e. The van der Waals surface area contributed by atoms with Crippen LogP contribution in [0.5, 0.6) is 0 Å². The van der Waals surface area contributed by atoms with Gasteiger partial charge in [0.25, 0.3) is 0 Å². The number of halogens is 2. The third-order valence-corrected chi connectivity index (χ3v) is 2.41. The maximum absolute atomic E-state index is 13.2. The van der Waals surface area contributed by atoms with Crippen LogP contribution in [0.25, 0.3) is 0 Å². The van der Waals surface area contributed by atoms with Crippen molar-refractivity contribution in [2.45, 2.75) is 5.92 Å². The van der Waals surface area contributed by atoms with Crippen molar-refractivity contribution < 1.29 is 4.39 Å². The molecule has 0 saturated carbocycles. The molecule has 1 aromatic carbocycles. The van der Waals surface area contributed by atoms with E-state index in [1.54, 1.807) is 12.1 Å². The van der Waals surface area contributed by atoms with Crippen LogP contribution in [-0.4, -0.2) is 13.1 Å². The second-order valence-electron chi connectivity index (χ2n) is 3.02. The summed E-state index contributed by atoms with van der Waals surface area (Å²) in [5, 5.41) is 3.71. The summed E-state index contributed by atoms with van der Waals surface area (Å²) in [4.78, 5) is 0. The average Bonchev–Trinajstić information content (AvgIpc) is 1.93. The summed E-state index contributed by atoms with van der Waals surface area (Å²) in [7, 11) is 0. The van der Waals surface area contributed by atoms with Gasteiger partial charge in [0.05, 0.1) is 0 Å². The molecule has 2 rings (SSSR count). The van der Waals surface area contributed by atoms with Crippen molar-refractivity contribution in [2.75, 3.05) is 13.1 Å². The lowest BCUT2D eigenvalue weighted by Crippen LogP contribution is -2.40. The van der Waals surface area contributed by atoms with Crippen molar-refractivity contribution in [1.82, 2.24) is 5.32 Å². The topological polar surface area (TPSA) is 12.0 Å². The molecule has 0 spiro atoms. The summed E-state index contributed by atoms with van der Waals surface area (Å²) in [5.41, 5.74) is 0.737. The Morgan fingerprint density at radius 1 is 1.42 bits per heavy atom. The van der Waals surface area contributed by atoms with Gasteiger partial charge in [-0.1, -0.05) is 11.6 Å². The van der Waals surface area contributed by atoms with Crippen molar-refractivity contribution in [2.24, 2.45) is 0 Å². The highest BCUT2D eigenvalue weighted by Gasteiger charge is 2.21. The maximum atomic E-state index is 13.2. The lowest BCUT2D eigenvalue weighted by molar-refractivity contribution is 0.431. The number of nitrogens with one attached hydrogen (secondary N) is 1. The molecule has 0 aromatic heterocycles. The molecule has 1 nitrogen and oxygen atoms in total. The predicted octanol–water partition coefficient (Wildman–Crippen LogP) is 2.17. The fourth-order valence-electron chi connectivity index (χ4n) is 1.34. The highest BCUT2D eigenvalue weighted by Crippen LogP contribution is 2.25. The maximum Gasteiger partial charge on any atom is 0.126 e. The third kappa shape index (κ3) is 1.32. The van der Waals surface area contributed by atoms with Crippen LogP contribution in [0.2, 0.25) is 5.02 Å². The van der Waals surface area contributed by atoms with Crippen LogP contribution < -0.4 is 5.32 Å². The van der Waals surface area contributed by atoms with E-state index in [9.17, 15) is 4.39 Å². The number of hydrogen-bond acceptors (Lipinski definition) is 1. The molecule has 1 aliphatic heterocycles. The lowest BCUT2D eigenvalue weighted by atomic mass is 9.93. The molecule has 1 heterocycles. The first-order chi connectivity index (χ1) is 5.77. The molecule has 64 valence electrons. The van der Waals surface area contributed by atoms with Crippen molar-refractivity contribution >= 4 is 11.6 Å². The fraction of sp³-hybridized carbons (Fsp3) is 0.333. The SMILES string of the molecule is Fc1ccc(Cl)cc1C1CNC1. The molecule has 0 atom stereocenters. The molecule has 12 heavy (non-hydrogen) atoms. The Morgan fingerprint density at radius 3 is 2.75 bits per heavy atom. The van der Waals surface area contributed by atoms with Gasteiger partial charge in [0, 0.05) is 24.0 Å². The predicted molar refractivity (Wildman–Crippen MR) is 47.0 cm³/mol. The summed E-state index contributed by atoms with van der Waals surface area (Å²) in [6, 6.07) is 4.71. The van der Waals surface area contributed by atoms with Crippen molar-refractivity contribution in [3.05, 3.63) is 34.6 Å². The molecule has 1 aliphatic rings. The molecule has 0 amide bonds. The summed E-state index contributed by atoms with van der Waals surface area (Å²) >= 11 is 5.75. The van der Waals surface area contributed by atoms with E-state index in [2.05, 4.69) is 5.32 Å².